The van der Waals surface area contributed by atoms with Crippen molar-refractivity contribution in [3.05, 3.63) is 33.7 Å². The molecule has 0 amide bonds. The summed E-state index contributed by atoms with van der Waals surface area (Å²) in [5.41, 5.74) is 1.04. The van der Waals surface area contributed by atoms with Gasteiger partial charge in [-0.25, -0.2) is 4.98 Å². The summed E-state index contributed by atoms with van der Waals surface area (Å²) >= 11 is 1.54. The number of aromatic nitrogens is 2. The molecule has 1 saturated carbocycles. The highest BCUT2D eigenvalue weighted by molar-refractivity contribution is 7.15. The van der Waals surface area contributed by atoms with Crippen LogP contribution in [-0.4, -0.2) is 22.0 Å². The normalized spacial score (nSPS) is 29.4. The lowest BCUT2D eigenvalue weighted by Crippen LogP contribution is -3.16. The molecule has 2 aliphatic rings. The summed E-state index contributed by atoms with van der Waals surface area (Å²) in [4.78, 5) is 19.3. The molecule has 3 heterocycles. The minimum atomic E-state index is 0.0628. The second-order valence-corrected chi connectivity index (χ2v) is 7.39. The quantitative estimate of drug-likeness (QED) is 0.913. The summed E-state index contributed by atoms with van der Waals surface area (Å²) in [6.45, 7) is 2.16. The molecule has 1 aliphatic heterocycles. The summed E-state index contributed by atoms with van der Waals surface area (Å²) < 4.78 is 1.64. The second-order valence-electron chi connectivity index (χ2n) is 6.52. The van der Waals surface area contributed by atoms with Crippen LogP contribution in [0.3, 0.4) is 0 Å². The van der Waals surface area contributed by atoms with Crippen LogP contribution in [0.5, 0.6) is 0 Å². The molecule has 0 spiro atoms. The van der Waals surface area contributed by atoms with E-state index in [4.69, 9.17) is 0 Å². The van der Waals surface area contributed by atoms with Gasteiger partial charge in [-0.1, -0.05) is 6.42 Å². The van der Waals surface area contributed by atoms with Gasteiger partial charge in [0.15, 0.2) is 4.96 Å². The number of thiazole rings is 1. The Bertz CT molecular complexity index is 690. The average Bonchev–Trinajstić information content (AvgIpc) is 2.97. The molecule has 3 atom stereocenters. The van der Waals surface area contributed by atoms with E-state index < -0.39 is 0 Å². The maximum Gasteiger partial charge on any atom is 0.258 e. The first-order valence-electron chi connectivity index (χ1n) is 8.11. The Morgan fingerprint density at radius 1 is 1.29 bits per heavy atom. The summed E-state index contributed by atoms with van der Waals surface area (Å²) in [5.74, 6) is 0.911. The van der Waals surface area contributed by atoms with Crippen LogP contribution in [0, 0.1) is 5.92 Å². The fraction of sp³-hybridized carbons (Fsp3) is 0.625. The number of quaternary nitrogens is 1. The number of piperidine rings is 1. The van der Waals surface area contributed by atoms with Crippen LogP contribution in [0.2, 0.25) is 0 Å². The number of nitrogens with one attached hydrogen (secondary N) is 1. The smallest absolute Gasteiger partial charge is 0.258 e. The predicted octanol–water partition coefficient (Wildman–Crippen LogP) is 1.49. The SMILES string of the molecule is O=c1cc(C[NH+]2CCC[C@@H]3CCCC[C@@H]32)nc2sccn12. The first kappa shape index (κ1) is 13.5. The van der Waals surface area contributed by atoms with Crippen molar-refractivity contribution in [2.75, 3.05) is 6.54 Å². The van der Waals surface area contributed by atoms with Crippen LogP contribution in [0.4, 0.5) is 0 Å². The predicted molar refractivity (Wildman–Crippen MR) is 83.9 cm³/mol. The van der Waals surface area contributed by atoms with Crippen molar-refractivity contribution in [3.63, 3.8) is 0 Å². The minimum Gasteiger partial charge on any atom is -0.327 e. The van der Waals surface area contributed by atoms with Crippen molar-refractivity contribution in [3.8, 4) is 0 Å². The molecule has 1 aliphatic carbocycles. The molecule has 4 rings (SSSR count). The van der Waals surface area contributed by atoms with Crippen molar-refractivity contribution >= 4 is 16.3 Å². The zero-order valence-corrected chi connectivity index (χ0v) is 13.1. The number of fused-ring (bicyclic) bond motifs is 2. The largest absolute Gasteiger partial charge is 0.327 e. The highest BCUT2D eigenvalue weighted by Crippen LogP contribution is 2.28. The Labute approximate surface area is 128 Å². The lowest BCUT2D eigenvalue weighted by Gasteiger charge is -2.41. The number of hydrogen-bond donors (Lipinski definition) is 1. The molecule has 1 saturated heterocycles. The van der Waals surface area contributed by atoms with Gasteiger partial charge in [0.2, 0.25) is 0 Å². The third-order valence-corrected chi connectivity index (χ3v) is 6.03. The number of likely N-dealkylation sites (tertiary alicyclic amines) is 1. The number of rotatable bonds is 2. The van der Waals surface area contributed by atoms with Crippen LogP contribution in [-0.2, 0) is 6.54 Å². The molecule has 21 heavy (non-hydrogen) atoms. The Morgan fingerprint density at radius 3 is 3.10 bits per heavy atom. The molecular formula is C16H22N3OS+. The van der Waals surface area contributed by atoms with E-state index in [9.17, 15) is 4.79 Å². The first-order chi connectivity index (χ1) is 10.3. The van der Waals surface area contributed by atoms with Crippen LogP contribution in [0.15, 0.2) is 22.4 Å². The van der Waals surface area contributed by atoms with E-state index >= 15 is 0 Å². The van der Waals surface area contributed by atoms with Gasteiger partial charge in [0.1, 0.15) is 12.2 Å². The Morgan fingerprint density at radius 2 is 2.14 bits per heavy atom. The third-order valence-electron chi connectivity index (χ3n) is 5.27. The zero-order chi connectivity index (χ0) is 14.2. The standard InChI is InChI=1S/C16H21N3OS/c20-15-10-13(17-16-19(15)8-9-21-16)11-18-7-3-5-12-4-1-2-6-14(12)18/h8-10,12,14H,1-7,11H2/p+1/t12-,14-/m0/s1. The molecule has 2 fully saturated rings. The molecule has 5 heteroatoms. The van der Waals surface area contributed by atoms with Crippen molar-refractivity contribution < 1.29 is 4.90 Å². The number of nitrogens with zero attached hydrogens (tertiary/aromatic N) is 2. The monoisotopic (exact) mass is 304 g/mol. The van der Waals surface area contributed by atoms with Crippen LogP contribution >= 0.6 is 11.3 Å². The Hall–Kier alpha value is -1.20. The van der Waals surface area contributed by atoms with E-state index in [1.54, 1.807) is 26.7 Å². The van der Waals surface area contributed by atoms with Crippen molar-refractivity contribution in [2.45, 2.75) is 51.1 Å². The van der Waals surface area contributed by atoms with Gasteiger partial charge in [-0.3, -0.25) is 9.20 Å². The fourth-order valence-electron chi connectivity index (χ4n) is 4.30. The highest BCUT2D eigenvalue weighted by atomic mass is 32.1. The van der Waals surface area contributed by atoms with Crippen LogP contribution in [0.1, 0.15) is 44.2 Å². The van der Waals surface area contributed by atoms with Gasteiger partial charge >= 0.3 is 0 Å². The molecule has 2 aromatic heterocycles. The lowest BCUT2D eigenvalue weighted by atomic mass is 9.78. The van der Waals surface area contributed by atoms with Gasteiger partial charge < -0.3 is 4.90 Å². The van der Waals surface area contributed by atoms with Gasteiger partial charge in [-0.15, -0.1) is 11.3 Å². The Balaban J connectivity index is 1.59. The molecule has 0 bridgehead atoms. The highest BCUT2D eigenvalue weighted by Gasteiger charge is 2.36. The molecule has 112 valence electrons. The molecule has 2 aromatic rings. The van der Waals surface area contributed by atoms with E-state index in [2.05, 4.69) is 4.98 Å². The van der Waals surface area contributed by atoms with Crippen molar-refractivity contribution in [1.82, 2.24) is 9.38 Å². The van der Waals surface area contributed by atoms with E-state index in [-0.39, 0.29) is 5.56 Å². The molecule has 4 nitrogen and oxygen atoms in total. The maximum atomic E-state index is 12.1. The summed E-state index contributed by atoms with van der Waals surface area (Å²) in [7, 11) is 0. The van der Waals surface area contributed by atoms with Gasteiger partial charge in [0, 0.05) is 23.6 Å². The summed E-state index contributed by atoms with van der Waals surface area (Å²) in [6, 6.07) is 2.54. The van der Waals surface area contributed by atoms with Gasteiger partial charge in [-0.05, 0) is 32.1 Å². The lowest BCUT2D eigenvalue weighted by molar-refractivity contribution is -0.949. The van der Waals surface area contributed by atoms with Crippen LogP contribution < -0.4 is 10.5 Å². The molecule has 0 radical (unpaired) electrons. The average molecular weight is 304 g/mol. The number of hydrogen-bond acceptors (Lipinski definition) is 3. The maximum absolute atomic E-state index is 12.1. The summed E-state index contributed by atoms with van der Waals surface area (Å²) in [6.07, 6.45) is 10.1. The molecular weight excluding hydrogens is 282 g/mol. The van der Waals surface area contributed by atoms with E-state index in [1.807, 2.05) is 11.6 Å². The van der Waals surface area contributed by atoms with E-state index in [0.717, 1.165) is 29.2 Å². The van der Waals surface area contributed by atoms with Gasteiger partial charge in [0.25, 0.3) is 5.56 Å². The van der Waals surface area contributed by atoms with E-state index in [0.29, 0.717) is 0 Å². The van der Waals surface area contributed by atoms with Crippen LogP contribution in [0.25, 0.3) is 4.96 Å². The van der Waals surface area contributed by atoms with Gasteiger partial charge in [0.05, 0.1) is 12.6 Å². The van der Waals surface area contributed by atoms with Gasteiger partial charge in [-0.2, -0.15) is 0 Å². The Kier molecular flexibility index (Phi) is 3.55. The molecule has 1 unspecified atom stereocenters. The zero-order valence-electron chi connectivity index (χ0n) is 12.3. The van der Waals surface area contributed by atoms with E-state index in [1.165, 1.54) is 45.1 Å². The minimum absolute atomic E-state index is 0.0628. The fourth-order valence-corrected chi connectivity index (χ4v) is 5.04. The first-order valence-corrected chi connectivity index (χ1v) is 8.99. The second kappa shape index (κ2) is 5.54. The molecule has 1 N–H and O–H groups in total. The third kappa shape index (κ3) is 2.53. The summed E-state index contributed by atoms with van der Waals surface area (Å²) in [5, 5.41) is 1.93. The van der Waals surface area contributed by atoms with Crippen molar-refractivity contribution in [1.29, 1.82) is 0 Å². The van der Waals surface area contributed by atoms with Crippen molar-refractivity contribution in [2.24, 2.45) is 5.92 Å². The molecule has 0 aromatic carbocycles. The topological polar surface area (TPSA) is 38.8 Å².